The molecule has 1 atom stereocenters. The van der Waals surface area contributed by atoms with Gasteiger partial charge in [0.15, 0.2) is 14.6 Å². The predicted molar refractivity (Wildman–Crippen MR) is 89.4 cm³/mol. The molecule has 1 aromatic rings. The molecule has 1 unspecified atom stereocenters. The van der Waals surface area contributed by atoms with Crippen molar-refractivity contribution >= 4 is 15.7 Å². The van der Waals surface area contributed by atoms with E-state index in [2.05, 4.69) is 15.4 Å². The number of alkyl halides is 3. The van der Waals surface area contributed by atoms with E-state index < -0.39 is 38.6 Å². The number of ether oxygens (including phenoxy) is 1. The van der Waals surface area contributed by atoms with E-state index in [1.54, 1.807) is 6.92 Å². The Morgan fingerprint density at radius 1 is 1.31 bits per heavy atom. The molecule has 1 aliphatic heterocycles. The number of benzene rings is 1. The molecule has 10 heteroatoms. The summed E-state index contributed by atoms with van der Waals surface area (Å²) in [6.07, 6.45) is -3.51. The Morgan fingerprint density at radius 3 is 2.46 bits per heavy atom. The van der Waals surface area contributed by atoms with Crippen molar-refractivity contribution in [1.29, 1.82) is 0 Å². The quantitative estimate of drug-likeness (QED) is 0.797. The van der Waals surface area contributed by atoms with Crippen molar-refractivity contribution in [3.05, 3.63) is 29.8 Å². The lowest BCUT2D eigenvalue weighted by atomic mass is 9.95. The van der Waals surface area contributed by atoms with Crippen molar-refractivity contribution in [2.75, 3.05) is 19.3 Å². The number of nitrogens with one attached hydrogen (secondary N) is 2. The van der Waals surface area contributed by atoms with Gasteiger partial charge in [-0.15, -0.1) is 13.2 Å². The zero-order valence-corrected chi connectivity index (χ0v) is 15.2. The van der Waals surface area contributed by atoms with Gasteiger partial charge in [-0.2, -0.15) is 0 Å². The SMILES string of the molecule is CC(NC(=O)C1(S(C)(=O)=O)CCNCC1)c1cccc(OC(F)(F)F)c1. The van der Waals surface area contributed by atoms with E-state index in [0.29, 0.717) is 18.7 Å². The van der Waals surface area contributed by atoms with Crippen LogP contribution in [0.2, 0.25) is 0 Å². The number of carbonyl (C=O) groups excluding carboxylic acids is 1. The number of piperidine rings is 1. The minimum atomic E-state index is -4.82. The Balaban J connectivity index is 2.19. The fourth-order valence-electron chi connectivity index (χ4n) is 2.99. The second-order valence-corrected chi connectivity index (χ2v) is 8.66. The highest BCUT2D eigenvalue weighted by Crippen LogP contribution is 2.30. The van der Waals surface area contributed by atoms with Gasteiger partial charge >= 0.3 is 6.36 Å². The van der Waals surface area contributed by atoms with Crippen LogP contribution in [-0.2, 0) is 14.6 Å². The molecule has 1 heterocycles. The smallest absolute Gasteiger partial charge is 0.406 e. The molecule has 0 aliphatic carbocycles. The number of halogens is 3. The number of hydrogen-bond donors (Lipinski definition) is 2. The first-order valence-corrected chi connectivity index (χ1v) is 9.91. The van der Waals surface area contributed by atoms with Crippen molar-refractivity contribution < 1.29 is 31.1 Å². The molecule has 0 aromatic heterocycles. The summed E-state index contributed by atoms with van der Waals surface area (Å²) < 4.78 is 63.9. The van der Waals surface area contributed by atoms with Crippen molar-refractivity contribution in [3.63, 3.8) is 0 Å². The van der Waals surface area contributed by atoms with Crippen LogP contribution in [0.4, 0.5) is 13.2 Å². The number of carbonyl (C=O) groups is 1. The van der Waals surface area contributed by atoms with Gasteiger partial charge in [0.05, 0.1) is 6.04 Å². The van der Waals surface area contributed by atoms with Crippen LogP contribution in [0.5, 0.6) is 5.75 Å². The van der Waals surface area contributed by atoms with Crippen LogP contribution < -0.4 is 15.4 Å². The van der Waals surface area contributed by atoms with E-state index >= 15 is 0 Å². The van der Waals surface area contributed by atoms with Gasteiger partial charge in [0, 0.05) is 6.26 Å². The molecule has 0 saturated carbocycles. The molecule has 2 N–H and O–H groups in total. The predicted octanol–water partition coefficient (Wildman–Crippen LogP) is 1.93. The first-order chi connectivity index (χ1) is 11.9. The van der Waals surface area contributed by atoms with Crippen LogP contribution in [0, 0.1) is 0 Å². The van der Waals surface area contributed by atoms with Gasteiger partial charge in [0.2, 0.25) is 5.91 Å². The summed E-state index contributed by atoms with van der Waals surface area (Å²) >= 11 is 0. The largest absolute Gasteiger partial charge is 0.573 e. The van der Waals surface area contributed by atoms with E-state index in [0.717, 1.165) is 18.4 Å². The van der Waals surface area contributed by atoms with E-state index in [9.17, 15) is 26.4 Å². The Bertz CT molecular complexity index is 759. The average molecular weight is 394 g/mol. The molecule has 1 amide bonds. The van der Waals surface area contributed by atoms with Gasteiger partial charge < -0.3 is 15.4 Å². The Morgan fingerprint density at radius 2 is 1.92 bits per heavy atom. The number of hydrogen-bond acceptors (Lipinski definition) is 5. The number of rotatable bonds is 5. The molecule has 0 spiro atoms. The van der Waals surface area contributed by atoms with Gasteiger partial charge in [-0.1, -0.05) is 12.1 Å². The topological polar surface area (TPSA) is 84.5 Å². The molecule has 6 nitrogen and oxygen atoms in total. The Hall–Kier alpha value is -1.81. The second kappa shape index (κ2) is 7.43. The molecule has 1 fully saturated rings. The van der Waals surface area contributed by atoms with Gasteiger partial charge in [0.1, 0.15) is 5.75 Å². The van der Waals surface area contributed by atoms with Gasteiger partial charge in [-0.3, -0.25) is 4.79 Å². The fourth-order valence-corrected chi connectivity index (χ4v) is 4.33. The first kappa shape index (κ1) is 20.5. The zero-order chi connectivity index (χ0) is 19.6. The molecule has 1 aromatic carbocycles. The zero-order valence-electron chi connectivity index (χ0n) is 14.4. The van der Waals surface area contributed by atoms with E-state index in [1.165, 1.54) is 12.1 Å². The molecule has 146 valence electrons. The van der Waals surface area contributed by atoms with Crippen molar-refractivity contribution in [3.8, 4) is 5.75 Å². The molecular weight excluding hydrogens is 373 g/mol. The van der Waals surface area contributed by atoms with E-state index in [1.807, 2.05) is 0 Å². The summed E-state index contributed by atoms with van der Waals surface area (Å²) in [7, 11) is -3.67. The summed E-state index contributed by atoms with van der Waals surface area (Å²) in [6.45, 7) is 2.36. The van der Waals surface area contributed by atoms with Crippen LogP contribution in [-0.4, -0.2) is 44.8 Å². The van der Waals surface area contributed by atoms with Gasteiger partial charge in [0.25, 0.3) is 0 Å². The summed E-state index contributed by atoms with van der Waals surface area (Å²) in [6, 6.07) is 4.53. The van der Waals surface area contributed by atoms with Crippen LogP contribution in [0.25, 0.3) is 0 Å². The third-order valence-corrected chi connectivity index (χ3v) is 6.49. The maximum atomic E-state index is 12.7. The average Bonchev–Trinajstić information content (AvgIpc) is 2.53. The molecule has 0 bridgehead atoms. The molecule has 26 heavy (non-hydrogen) atoms. The lowest BCUT2D eigenvalue weighted by Crippen LogP contribution is -2.57. The number of amides is 1. The lowest BCUT2D eigenvalue weighted by Gasteiger charge is -2.35. The Labute approximate surface area is 150 Å². The molecule has 0 radical (unpaired) electrons. The molecular formula is C16H21F3N2O4S. The van der Waals surface area contributed by atoms with Crippen molar-refractivity contribution in [1.82, 2.24) is 10.6 Å². The van der Waals surface area contributed by atoms with Crippen LogP contribution in [0.15, 0.2) is 24.3 Å². The molecule has 2 rings (SSSR count). The molecule has 1 aliphatic rings. The first-order valence-electron chi connectivity index (χ1n) is 8.02. The van der Waals surface area contributed by atoms with E-state index in [-0.39, 0.29) is 12.8 Å². The summed E-state index contributed by atoms with van der Waals surface area (Å²) in [5, 5.41) is 5.63. The highest BCUT2D eigenvalue weighted by Gasteiger charge is 2.48. The van der Waals surface area contributed by atoms with Crippen LogP contribution in [0.3, 0.4) is 0 Å². The standard InChI is InChI=1S/C16H21F3N2O4S/c1-11(12-4-3-5-13(10-12)25-16(17,18)19)21-14(22)15(26(2,23)24)6-8-20-9-7-15/h3-5,10-11,20H,6-9H2,1-2H3,(H,21,22). The maximum absolute atomic E-state index is 12.7. The Kier molecular flexibility index (Phi) is 5.86. The monoisotopic (exact) mass is 394 g/mol. The fraction of sp³-hybridized carbons (Fsp3) is 0.562. The minimum Gasteiger partial charge on any atom is -0.406 e. The van der Waals surface area contributed by atoms with Crippen LogP contribution in [0.1, 0.15) is 31.4 Å². The summed E-state index contributed by atoms with van der Waals surface area (Å²) in [5.41, 5.74) is 0.373. The minimum absolute atomic E-state index is 0.140. The third kappa shape index (κ3) is 4.67. The normalized spacial score (nSPS) is 18.8. The summed E-state index contributed by atoms with van der Waals surface area (Å²) in [5.74, 6) is -1.05. The van der Waals surface area contributed by atoms with Crippen molar-refractivity contribution in [2.45, 2.75) is 36.9 Å². The highest BCUT2D eigenvalue weighted by molar-refractivity contribution is 7.92. The van der Waals surface area contributed by atoms with Gasteiger partial charge in [-0.25, -0.2) is 8.42 Å². The lowest BCUT2D eigenvalue weighted by molar-refractivity contribution is -0.274. The summed E-state index contributed by atoms with van der Waals surface area (Å²) in [4.78, 5) is 12.7. The van der Waals surface area contributed by atoms with Crippen molar-refractivity contribution in [2.24, 2.45) is 0 Å². The van der Waals surface area contributed by atoms with E-state index in [4.69, 9.17) is 0 Å². The highest BCUT2D eigenvalue weighted by atomic mass is 32.2. The van der Waals surface area contributed by atoms with Crippen LogP contribution >= 0.6 is 0 Å². The number of sulfone groups is 1. The second-order valence-electron chi connectivity index (χ2n) is 6.33. The van der Waals surface area contributed by atoms with Gasteiger partial charge in [-0.05, 0) is 50.6 Å². The molecule has 1 saturated heterocycles. The maximum Gasteiger partial charge on any atom is 0.573 e. The third-order valence-electron chi connectivity index (χ3n) is 4.47.